The summed E-state index contributed by atoms with van der Waals surface area (Å²) in [5.74, 6) is -5.49. The van der Waals surface area contributed by atoms with Crippen LogP contribution in [0.3, 0.4) is 0 Å². The van der Waals surface area contributed by atoms with Crippen molar-refractivity contribution in [2.75, 3.05) is 0 Å². The van der Waals surface area contributed by atoms with Crippen molar-refractivity contribution in [1.82, 2.24) is 10.6 Å². The molecule has 0 aliphatic rings. The third kappa shape index (κ3) is 3.79. The lowest BCUT2D eigenvalue weighted by molar-refractivity contribution is -0.163. The summed E-state index contributed by atoms with van der Waals surface area (Å²) in [6.45, 7) is 2.56. The first-order valence-electron chi connectivity index (χ1n) is 6.12. The van der Waals surface area contributed by atoms with E-state index in [9.17, 15) is 30.0 Å². The Hall–Kier alpha value is -1.94. The molecule has 2 atom stereocenters. The van der Waals surface area contributed by atoms with Gasteiger partial charge in [0.2, 0.25) is 0 Å². The van der Waals surface area contributed by atoms with Crippen molar-refractivity contribution in [1.29, 1.82) is 0 Å². The first-order valence-corrected chi connectivity index (χ1v) is 6.12. The second-order valence-electron chi connectivity index (χ2n) is 4.54. The van der Waals surface area contributed by atoms with Crippen LogP contribution in [0.15, 0.2) is 22.8 Å². The zero-order valence-corrected chi connectivity index (χ0v) is 11.5. The first-order chi connectivity index (χ1) is 9.70. The molecule has 0 amide bonds. The Balaban J connectivity index is 3.48. The van der Waals surface area contributed by atoms with Gasteiger partial charge in [-0.1, -0.05) is 0 Å². The third-order valence-electron chi connectivity index (χ3n) is 2.71. The molecule has 0 radical (unpaired) electrons. The van der Waals surface area contributed by atoms with E-state index in [-0.39, 0.29) is 5.76 Å². The fourth-order valence-electron chi connectivity index (χ4n) is 2.13. The van der Waals surface area contributed by atoms with Crippen LogP contribution in [-0.2, 0) is 15.3 Å². The summed E-state index contributed by atoms with van der Waals surface area (Å²) in [4.78, 5) is 22.8. The highest BCUT2D eigenvalue weighted by Gasteiger charge is 2.52. The highest BCUT2D eigenvalue weighted by molar-refractivity contribution is 5.94. The number of aliphatic carboxylic acids is 2. The quantitative estimate of drug-likeness (QED) is 0.264. The average molecular weight is 302 g/mol. The number of furan rings is 1. The van der Waals surface area contributed by atoms with Crippen molar-refractivity contribution in [3.05, 3.63) is 24.2 Å². The van der Waals surface area contributed by atoms with Gasteiger partial charge in [-0.2, -0.15) is 0 Å². The van der Waals surface area contributed by atoms with E-state index in [1.54, 1.807) is 0 Å². The molecule has 0 aliphatic heterocycles. The molecule has 118 valence electrons. The van der Waals surface area contributed by atoms with Crippen LogP contribution in [0.25, 0.3) is 0 Å². The fraction of sp³-hybridized carbons (Fsp3) is 0.500. The minimum Gasteiger partial charge on any atom is -0.480 e. The average Bonchev–Trinajstić information content (AvgIpc) is 2.78. The minimum atomic E-state index is -2.06. The molecule has 0 saturated carbocycles. The Morgan fingerprint density at radius 3 is 1.90 bits per heavy atom. The van der Waals surface area contributed by atoms with E-state index in [0.717, 1.165) is 0 Å². The molecule has 21 heavy (non-hydrogen) atoms. The van der Waals surface area contributed by atoms with Crippen LogP contribution in [0.5, 0.6) is 0 Å². The number of nitrogens with one attached hydrogen (secondary N) is 2. The summed E-state index contributed by atoms with van der Waals surface area (Å²) in [7, 11) is 0. The van der Waals surface area contributed by atoms with Crippen molar-refractivity contribution in [3.63, 3.8) is 0 Å². The zero-order valence-electron chi connectivity index (χ0n) is 11.5. The van der Waals surface area contributed by atoms with Crippen molar-refractivity contribution in [3.8, 4) is 0 Å². The van der Waals surface area contributed by atoms with Crippen LogP contribution in [0, 0.1) is 5.92 Å². The van der Waals surface area contributed by atoms with Crippen molar-refractivity contribution >= 4 is 11.9 Å². The molecule has 1 aromatic heterocycles. The summed E-state index contributed by atoms with van der Waals surface area (Å²) in [5.41, 5.74) is -2.04. The fourth-order valence-corrected chi connectivity index (χ4v) is 2.13. The predicted molar refractivity (Wildman–Crippen MR) is 68.8 cm³/mol. The van der Waals surface area contributed by atoms with Gasteiger partial charge in [0.1, 0.15) is 18.2 Å². The summed E-state index contributed by atoms with van der Waals surface area (Å²) in [6, 6.07) is 2.77. The molecule has 0 bridgehead atoms. The largest absolute Gasteiger partial charge is 0.480 e. The Morgan fingerprint density at radius 2 is 1.62 bits per heavy atom. The van der Waals surface area contributed by atoms with Crippen LogP contribution in [0.2, 0.25) is 0 Å². The molecule has 9 nitrogen and oxygen atoms in total. The molecule has 0 saturated heterocycles. The van der Waals surface area contributed by atoms with E-state index in [0.29, 0.717) is 0 Å². The Kier molecular flexibility index (Phi) is 5.44. The maximum Gasteiger partial charge on any atom is 0.321 e. The molecule has 0 aromatic carbocycles. The van der Waals surface area contributed by atoms with Gasteiger partial charge in [0.25, 0.3) is 0 Å². The molecule has 0 fully saturated rings. The maximum absolute atomic E-state index is 11.4. The summed E-state index contributed by atoms with van der Waals surface area (Å²) >= 11 is 0. The Labute approximate surface area is 120 Å². The lowest BCUT2D eigenvalue weighted by Crippen LogP contribution is -2.66. The smallest absolute Gasteiger partial charge is 0.321 e. The van der Waals surface area contributed by atoms with Crippen molar-refractivity contribution in [2.45, 2.75) is 32.0 Å². The normalized spacial score (nSPS) is 17.2. The van der Waals surface area contributed by atoms with E-state index in [4.69, 9.17) is 4.42 Å². The van der Waals surface area contributed by atoms with Crippen LogP contribution in [0.4, 0.5) is 0 Å². The first kappa shape index (κ1) is 17.1. The van der Waals surface area contributed by atoms with Gasteiger partial charge in [0, 0.05) is 0 Å². The molecule has 1 aromatic rings. The van der Waals surface area contributed by atoms with E-state index in [1.807, 2.05) is 0 Å². The summed E-state index contributed by atoms with van der Waals surface area (Å²) in [5, 5.41) is 42.4. The van der Waals surface area contributed by atoms with E-state index >= 15 is 0 Å². The van der Waals surface area contributed by atoms with Gasteiger partial charge in [-0.05, 0) is 26.0 Å². The van der Waals surface area contributed by atoms with Gasteiger partial charge < -0.3 is 24.8 Å². The lowest BCUT2D eigenvalue weighted by atomic mass is 9.89. The number of aliphatic hydroxyl groups excluding tert-OH is 2. The van der Waals surface area contributed by atoms with E-state index < -0.39 is 36.0 Å². The highest BCUT2D eigenvalue weighted by atomic mass is 16.4. The van der Waals surface area contributed by atoms with Gasteiger partial charge >= 0.3 is 11.9 Å². The number of rotatable bonds is 8. The SMILES string of the molecule is CC(O)NC(NC(C)O)(c1ccco1)C(C(=O)O)C(=O)O. The van der Waals surface area contributed by atoms with Gasteiger partial charge in [-0.15, -0.1) is 0 Å². The van der Waals surface area contributed by atoms with Gasteiger partial charge in [-0.3, -0.25) is 20.2 Å². The topological polar surface area (TPSA) is 152 Å². The van der Waals surface area contributed by atoms with Gasteiger partial charge in [0.15, 0.2) is 11.6 Å². The molecule has 9 heteroatoms. The van der Waals surface area contributed by atoms with E-state index in [1.165, 1.54) is 32.2 Å². The van der Waals surface area contributed by atoms with Gasteiger partial charge in [-0.25, -0.2) is 0 Å². The molecule has 1 rings (SSSR count). The third-order valence-corrected chi connectivity index (χ3v) is 2.71. The van der Waals surface area contributed by atoms with Crippen molar-refractivity contribution in [2.24, 2.45) is 5.92 Å². The maximum atomic E-state index is 11.4. The van der Waals surface area contributed by atoms with Crippen LogP contribution >= 0.6 is 0 Å². The summed E-state index contributed by atoms with van der Waals surface area (Å²) < 4.78 is 5.11. The van der Waals surface area contributed by atoms with Crippen LogP contribution in [-0.4, -0.2) is 44.8 Å². The van der Waals surface area contributed by atoms with E-state index in [2.05, 4.69) is 10.6 Å². The number of aliphatic hydroxyl groups is 2. The van der Waals surface area contributed by atoms with Crippen LogP contribution in [0.1, 0.15) is 19.6 Å². The number of carboxylic acid groups (broad SMARTS) is 2. The molecule has 0 spiro atoms. The second-order valence-corrected chi connectivity index (χ2v) is 4.54. The monoisotopic (exact) mass is 302 g/mol. The molecule has 1 heterocycles. The zero-order chi connectivity index (χ0) is 16.2. The second kappa shape index (κ2) is 6.68. The minimum absolute atomic E-state index is 0.0981. The number of hydrogen-bond acceptors (Lipinski definition) is 7. The molecule has 2 unspecified atom stereocenters. The standard InChI is InChI=1S/C12H18N2O7/c1-6(15)13-12(14-7(2)16,8-4-3-5-21-8)9(10(17)18)11(19)20/h3-7,9,13-16H,1-2H3,(H,17,18)(H,19,20). The molecular weight excluding hydrogens is 284 g/mol. The van der Waals surface area contributed by atoms with Crippen LogP contribution < -0.4 is 10.6 Å². The number of carbonyl (C=O) groups is 2. The Bertz CT molecular complexity index is 460. The molecule has 0 aliphatic carbocycles. The summed E-state index contributed by atoms with van der Waals surface area (Å²) in [6.07, 6.45) is -1.33. The lowest BCUT2D eigenvalue weighted by Gasteiger charge is -2.38. The van der Waals surface area contributed by atoms with Gasteiger partial charge in [0.05, 0.1) is 6.26 Å². The Morgan fingerprint density at radius 1 is 1.14 bits per heavy atom. The highest BCUT2D eigenvalue weighted by Crippen LogP contribution is 2.30. The number of carboxylic acids is 2. The number of hydrogen-bond donors (Lipinski definition) is 6. The van der Waals surface area contributed by atoms with Crippen molar-refractivity contribution < 1.29 is 34.4 Å². The predicted octanol–water partition coefficient (Wildman–Crippen LogP) is -0.926. The molecule has 6 N–H and O–H groups in total. The molecular formula is C12H18N2O7.